The molecule has 0 saturated heterocycles. The Hall–Kier alpha value is -1.77. The van der Waals surface area contributed by atoms with E-state index < -0.39 is 26.5 Å². The monoisotopic (exact) mass is 924 g/mol. The van der Waals surface area contributed by atoms with Crippen LogP contribution in [0.5, 0.6) is 0 Å². The summed E-state index contributed by atoms with van der Waals surface area (Å²) >= 11 is 0. The average molecular weight is 924 g/mol. The van der Waals surface area contributed by atoms with Crippen LogP contribution >= 0.6 is 7.82 Å². The van der Waals surface area contributed by atoms with Crippen molar-refractivity contribution in [1.29, 1.82) is 0 Å². The van der Waals surface area contributed by atoms with Crippen LogP contribution in [-0.2, 0) is 27.9 Å². The summed E-state index contributed by atoms with van der Waals surface area (Å²) in [7, 11) is -4.42. The number of carbonyl (C=O) groups excluding carboxylic acids is 2. The lowest BCUT2D eigenvalue weighted by molar-refractivity contribution is -0.147. The second-order valence-corrected chi connectivity index (χ2v) is 19.7. The molecule has 376 valence electrons. The molecule has 0 rings (SSSR count). The molecule has 2 atom stereocenters. The van der Waals surface area contributed by atoms with Gasteiger partial charge in [0.15, 0.2) is 0 Å². The number of phosphoric ester groups is 1. The highest BCUT2D eigenvalue weighted by Crippen LogP contribution is 2.42. The molecular weight excluding hydrogens is 822 g/mol. The van der Waals surface area contributed by atoms with Gasteiger partial charge in [-0.25, -0.2) is 4.57 Å². The van der Waals surface area contributed by atoms with E-state index >= 15 is 0 Å². The summed E-state index contributed by atoms with van der Waals surface area (Å²) in [6.45, 7) is 3.57. The molecule has 2 unspecified atom stereocenters. The number of hydrogen-bond donors (Lipinski definition) is 3. The van der Waals surface area contributed by atoms with Crippen LogP contribution in [0.4, 0.5) is 0 Å². The van der Waals surface area contributed by atoms with Crippen molar-refractivity contribution in [2.24, 2.45) is 0 Å². The summed E-state index contributed by atoms with van der Waals surface area (Å²) in [5.41, 5.74) is 0. The second kappa shape index (κ2) is 50.6. The zero-order chi connectivity index (χ0) is 46.7. The molecule has 0 aromatic rings. The second-order valence-electron chi connectivity index (χ2n) is 18.2. The van der Waals surface area contributed by atoms with Gasteiger partial charge in [0.2, 0.25) is 5.91 Å². The van der Waals surface area contributed by atoms with Gasteiger partial charge in [-0.2, -0.15) is 0 Å². The van der Waals surface area contributed by atoms with Crippen LogP contribution in [0.3, 0.4) is 0 Å². The molecule has 0 aromatic heterocycles. The van der Waals surface area contributed by atoms with Crippen molar-refractivity contribution in [1.82, 2.24) is 5.32 Å². The van der Waals surface area contributed by atoms with E-state index in [1.54, 1.807) is 0 Å². The molecule has 0 spiro atoms. The van der Waals surface area contributed by atoms with Crippen LogP contribution in [-0.4, -0.2) is 54.3 Å². The molecule has 9 nitrogen and oxygen atoms in total. The van der Waals surface area contributed by atoms with Gasteiger partial charge < -0.3 is 20.1 Å². The number of amides is 1. The lowest BCUT2D eigenvalue weighted by Crippen LogP contribution is -2.27. The summed E-state index contributed by atoms with van der Waals surface area (Å²) in [4.78, 5) is 34.1. The first-order valence-corrected chi connectivity index (χ1v) is 28.5. The van der Waals surface area contributed by atoms with Crippen LogP contribution in [0.2, 0.25) is 0 Å². The molecular formula is C54H102NO8P. The minimum atomic E-state index is -4.42. The number of unbranched alkanes of at least 4 members (excludes halogenated alkanes) is 32. The molecule has 0 aromatic carbocycles. The molecule has 0 aliphatic heterocycles. The van der Waals surface area contributed by atoms with E-state index in [1.165, 1.54) is 180 Å². The van der Waals surface area contributed by atoms with Crippen LogP contribution in [0, 0.1) is 0 Å². The summed E-state index contributed by atoms with van der Waals surface area (Å²) in [6.07, 6.45) is 59.4. The van der Waals surface area contributed by atoms with E-state index in [0.717, 1.165) is 57.8 Å². The van der Waals surface area contributed by atoms with E-state index in [-0.39, 0.29) is 32.1 Å². The highest BCUT2D eigenvalue weighted by atomic mass is 31.2. The predicted octanol–water partition coefficient (Wildman–Crippen LogP) is 16.1. The van der Waals surface area contributed by atoms with Crippen LogP contribution in [0.25, 0.3) is 0 Å². The van der Waals surface area contributed by atoms with E-state index in [0.29, 0.717) is 6.42 Å². The number of esters is 1. The van der Waals surface area contributed by atoms with Gasteiger partial charge in [0.05, 0.1) is 13.2 Å². The fourth-order valence-corrected chi connectivity index (χ4v) is 8.50. The van der Waals surface area contributed by atoms with Crippen molar-refractivity contribution >= 4 is 19.7 Å². The van der Waals surface area contributed by atoms with Crippen LogP contribution < -0.4 is 5.32 Å². The summed E-state index contributed by atoms with van der Waals surface area (Å²) in [5, 5.41) is 12.8. The molecule has 0 fully saturated rings. The van der Waals surface area contributed by atoms with Gasteiger partial charge in [0.1, 0.15) is 12.7 Å². The van der Waals surface area contributed by atoms with E-state index in [9.17, 15) is 24.2 Å². The first kappa shape index (κ1) is 62.2. The van der Waals surface area contributed by atoms with Crippen molar-refractivity contribution < 1.29 is 37.9 Å². The van der Waals surface area contributed by atoms with Crippen LogP contribution in [0.15, 0.2) is 36.5 Å². The molecule has 3 N–H and O–H groups in total. The molecule has 0 saturated carbocycles. The number of ether oxygens (including phenoxy) is 1. The zero-order valence-electron chi connectivity index (χ0n) is 41.7. The first-order chi connectivity index (χ1) is 31.3. The molecule has 0 bridgehead atoms. The summed E-state index contributed by atoms with van der Waals surface area (Å²) < 4.78 is 27.0. The number of hydrogen-bond acceptors (Lipinski definition) is 7. The highest BCUT2D eigenvalue weighted by Gasteiger charge is 2.23. The largest absolute Gasteiger partial charge is 0.472 e. The Morgan fingerprint density at radius 2 is 0.844 bits per heavy atom. The highest BCUT2D eigenvalue weighted by molar-refractivity contribution is 7.47. The Kier molecular flexibility index (Phi) is 49.2. The van der Waals surface area contributed by atoms with Crippen molar-refractivity contribution in [2.45, 2.75) is 270 Å². The number of rotatable bonds is 51. The number of allylic oxidation sites excluding steroid dienone is 6. The topological polar surface area (TPSA) is 131 Å². The third-order valence-corrected chi connectivity index (χ3v) is 12.8. The smallest absolute Gasteiger partial charge is 0.463 e. The van der Waals surface area contributed by atoms with E-state index in [1.807, 2.05) is 0 Å². The van der Waals surface area contributed by atoms with Gasteiger partial charge in [-0.1, -0.05) is 237 Å². The van der Waals surface area contributed by atoms with E-state index in [4.69, 9.17) is 13.8 Å². The number of aliphatic hydroxyl groups is 1. The van der Waals surface area contributed by atoms with Crippen molar-refractivity contribution in [2.75, 3.05) is 26.4 Å². The third-order valence-electron chi connectivity index (χ3n) is 11.8. The Morgan fingerprint density at radius 1 is 0.484 bits per heavy atom. The normalized spacial score (nSPS) is 13.4. The Morgan fingerprint density at radius 3 is 1.30 bits per heavy atom. The standard InChI is InChI=1S/C54H102NO8P/c1-3-5-7-9-11-13-15-17-19-21-23-25-27-29-31-33-35-37-39-41-43-45-47-54(58)61-50-52(56)51-63-64(59,60)62-49-48-55-53(57)46-44-42-40-38-36-34-32-30-28-26-24-22-20-18-16-14-12-10-8-6-4-2/h12,14,18,20,24,26,52,56H,3-11,13,15-17,19,21-23,25,27-51H2,1-2H3,(H,55,57)(H,59,60)/b14-12-,20-18-,26-24-. The fraction of sp³-hybridized carbons (Fsp3) is 0.852. The molecule has 1 amide bonds. The Labute approximate surface area is 394 Å². The lowest BCUT2D eigenvalue weighted by atomic mass is 10.0. The van der Waals surface area contributed by atoms with Gasteiger partial charge in [-0.05, 0) is 51.4 Å². The molecule has 0 aliphatic rings. The van der Waals surface area contributed by atoms with E-state index in [2.05, 4.69) is 55.6 Å². The maximum Gasteiger partial charge on any atom is 0.472 e. The van der Waals surface area contributed by atoms with Gasteiger partial charge in [0, 0.05) is 19.4 Å². The maximum atomic E-state index is 12.2. The molecule has 0 radical (unpaired) electrons. The number of aliphatic hydroxyl groups excluding tert-OH is 1. The minimum absolute atomic E-state index is 0.0786. The summed E-state index contributed by atoms with van der Waals surface area (Å²) in [6, 6.07) is 0. The van der Waals surface area contributed by atoms with Gasteiger partial charge in [-0.3, -0.25) is 18.6 Å². The maximum absolute atomic E-state index is 12.2. The van der Waals surface area contributed by atoms with Crippen molar-refractivity contribution in [3.05, 3.63) is 36.5 Å². The Bertz CT molecular complexity index is 1140. The van der Waals surface area contributed by atoms with Crippen LogP contribution in [0.1, 0.15) is 264 Å². The molecule has 10 heteroatoms. The summed E-state index contributed by atoms with van der Waals surface area (Å²) in [5.74, 6) is -0.513. The van der Waals surface area contributed by atoms with Crippen molar-refractivity contribution in [3.63, 3.8) is 0 Å². The number of carbonyl (C=O) groups is 2. The molecule has 64 heavy (non-hydrogen) atoms. The minimum Gasteiger partial charge on any atom is -0.463 e. The fourth-order valence-electron chi connectivity index (χ4n) is 7.74. The molecule has 0 aliphatic carbocycles. The quantitative estimate of drug-likeness (QED) is 0.0238. The Balaban J connectivity index is 3.53. The lowest BCUT2D eigenvalue weighted by Gasteiger charge is -2.15. The van der Waals surface area contributed by atoms with Gasteiger partial charge in [-0.15, -0.1) is 0 Å². The molecule has 0 heterocycles. The predicted molar refractivity (Wildman–Crippen MR) is 271 cm³/mol. The van der Waals surface area contributed by atoms with Gasteiger partial charge >= 0.3 is 13.8 Å². The van der Waals surface area contributed by atoms with Crippen molar-refractivity contribution in [3.8, 4) is 0 Å². The zero-order valence-corrected chi connectivity index (χ0v) is 42.6. The third kappa shape index (κ3) is 51.2. The first-order valence-electron chi connectivity index (χ1n) is 27.0. The average Bonchev–Trinajstić information content (AvgIpc) is 3.28. The SMILES string of the molecule is CCCCC/C=C\C/C=C\C/C=C\CCCCCCCCCCC(=O)NCCOP(=O)(O)OCC(O)COC(=O)CCCCCCCCCCCCCCCCCCCCCCCC. The number of nitrogens with one attached hydrogen (secondary N) is 1. The number of phosphoric acid groups is 1. The van der Waals surface area contributed by atoms with Gasteiger partial charge in [0.25, 0.3) is 0 Å².